The molecule has 170 valence electrons. The Morgan fingerprint density at radius 1 is 0.909 bits per heavy atom. The Labute approximate surface area is 205 Å². The molecular formula is C28H28Cl2N2O. The van der Waals surface area contributed by atoms with Crippen LogP contribution in [0.5, 0.6) is 0 Å². The van der Waals surface area contributed by atoms with Gasteiger partial charge in [-0.1, -0.05) is 89.9 Å². The molecule has 3 aromatic rings. The lowest BCUT2D eigenvalue weighted by Crippen LogP contribution is -2.47. The van der Waals surface area contributed by atoms with Crippen LogP contribution in [0.1, 0.15) is 36.3 Å². The summed E-state index contributed by atoms with van der Waals surface area (Å²) in [6, 6.07) is 25.1. The number of piperidine rings is 1. The molecule has 0 bridgehead atoms. The molecule has 1 aliphatic carbocycles. The zero-order valence-corrected chi connectivity index (χ0v) is 20.0. The van der Waals surface area contributed by atoms with Crippen molar-refractivity contribution in [3.63, 3.8) is 0 Å². The van der Waals surface area contributed by atoms with E-state index in [4.69, 9.17) is 23.2 Å². The van der Waals surface area contributed by atoms with Gasteiger partial charge in [0, 0.05) is 19.1 Å². The Kier molecular flexibility index (Phi) is 6.73. The van der Waals surface area contributed by atoms with Crippen LogP contribution in [0.4, 0.5) is 0 Å². The summed E-state index contributed by atoms with van der Waals surface area (Å²) in [7, 11) is 0. The molecule has 1 N–H and O–H groups in total. The molecule has 0 aromatic heterocycles. The van der Waals surface area contributed by atoms with E-state index in [-0.39, 0.29) is 17.7 Å². The molecule has 1 heterocycles. The van der Waals surface area contributed by atoms with E-state index in [1.165, 1.54) is 16.7 Å². The lowest BCUT2D eigenvalue weighted by Gasteiger charge is -2.36. The lowest BCUT2D eigenvalue weighted by atomic mass is 9.79. The number of benzene rings is 3. The van der Waals surface area contributed by atoms with Gasteiger partial charge in [0.1, 0.15) is 0 Å². The van der Waals surface area contributed by atoms with Gasteiger partial charge in [0.25, 0.3) is 0 Å². The fourth-order valence-electron chi connectivity index (χ4n) is 4.94. The van der Waals surface area contributed by atoms with E-state index in [0.717, 1.165) is 31.4 Å². The van der Waals surface area contributed by atoms with Gasteiger partial charge in [-0.25, -0.2) is 0 Å². The average molecular weight is 479 g/mol. The second-order valence-electron chi connectivity index (χ2n) is 9.11. The second kappa shape index (κ2) is 9.89. The molecule has 1 amide bonds. The molecule has 2 aliphatic rings. The highest BCUT2D eigenvalue weighted by molar-refractivity contribution is 6.42. The maximum absolute atomic E-state index is 13.9. The first kappa shape index (κ1) is 22.5. The third kappa shape index (κ3) is 4.96. The van der Waals surface area contributed by atoms with Crippen LogP contribution in [-0.4, -0.2) is 29.9 Å². The molecule has 33 heavy (non-hydrogen) atoms. The van der Waals surface area contributed by atoms with Crippen molar-refractivity contribution < 1.29 is 4.79 Å². The smallest absolute Gasteiger partial charge is 0.228 e. The Morgan fingerprint density at radius 2 is 1.67 bits per heavy atom. The first-order valence-electron chi connectivity index (χ1n) is 11.7. The second-order valence-corrected chi connectivity index (χ2v) is 9.89. The van der Waals surface area contributed by atoms with E-state index >= 15 is 0 Å². The Balaban J connectivity index is 1.42. The fourth-order valence-corrected chi connectivity index (χ4v) is 5.32. The number of nitrogens with zero attached hydrogens (tertiary/aromatic N) is 1. The molecule has 5 rings (SSSR count). The molecule has 2 atom stereocenters. The Morgan fingerprint density at radius 3 is 2.45 bits per heavy atom. The van der Waals surface area contributed by atoms with Gasteiger partial charge in [-0.3, -0.25) is 4.79 Å². The van der Waals surface area contributed by atoms with E-state index in [1.54, 1.807) is 6.07 Å². The number of hydrogen-bond donors (Lipinski definition) is 1. The van der Waals surface area contributed by atoms with E-state index in [9.17, 15) is 4.79 Å². The highest BCUT2D eigenvalue weighted by Gasteiger charge is 2.40. The number of nitrogens with one attached hydrogen (secondary N) is 1. The van der Waals surface area contributed by atoms with Gasteiger partial charge in [0.05, 0.1) is 16.0 Å². The van der Waals surface area contributed by atoms with Crippen molar-refractivity contribution in [3.05, 3.63) is 94.0 Å². The molecule has 0 unspecified atom stereocenters. The molecule has 0 radical (unpaired) electrons. The molecule has 1 saturated carbocycles. The van der Waals surface area contributed by atoms with E-state index in [0.29, 0.717) is 29.2 Å². The van der Waals surface area contributed by atoms with E-state index in [2.05, 4.69) is 53.8 Å². The highest BCUT2D eigenvalue weighted by atomic mass is 35.5. The van der Waals surface area contributed by atoms with E-state index in [1.807, 2.05) is 23.1 Å². The summed E-state index contributed by atoms with van der Waals surface area (Å²) in [5.41, 5.74) is 4.55. The summed E-state index contributed by atoms with van der Waals surface area (Å²) < 4.78 is 0. The maximum Gasteiger partial charge on any atom is 0.228 e. The van der Waals surface area contributed by atoms with Crippen molar-refractivity contribution in [1.29, 1.82) is 0 Å². The number of halogens is 2. The normalized spacial score (nSPS) is 20.4. The monoisotopic (exact) mass is 478 g/mol. The number of amides is 1. The van der Waals surface area contributed by atoms with Crippen LogP contribution in [-0.2, 0) is 11.3 Å². The number of rotatable bonds is 6. The maximum atomic E-state index is 13.9. The van der Waals surface area contributed by atoms with Crippen LogP contribution in [0, 0.1) is 5.92 Å². The van der Waals surface area contributed by atoms with Crippen LogP contribution in [0.3, 0.4) is 0 Å². The van der Waals surface area contributed by atoms with Crippen LogP contribution in [0.2, 0.25) is 10.0 Å². The van der Waals surface area contributed by atoms with Gasteiger partial charge in [0.2, 0.25) is 5.91 Å². The van der Waals surface area contributed by atoms with Gasteiger partial charge < -0.3 is 10.2 Å². The van der Waals surface area contributed by atoms with Crippen LogP contribution < -0.4 is 5.32 Å². The SMILES string of the molecule is O=C([C@H]1CNCC[C@@H]1c1cccc(-c2ccccc2)c1)N(Cc1cccc(Cl)c1Cl)C1CC1. The highest BCUT2D eigenvalue weighted by Crippen LogP contribution is 2.38. The summed E-state index contributed by atoms with van der Waals surface area (Å²) >= 11 is 12.7. The summed E-state index contributed by atoms with van der Waals surface area (Å²) in [6.45, 7) is 2.13. The third-order valence-corrected chi connectivity index (χ3v) is 7.72. The number of carbonyl (C=O) groups is 1. The molecule has 0 spiro atoms. The Hall–Kier alpha value is -2.33. The van der Waals surface area contributed by atoms with Crippen LogP contribution in [0.25, 0.3) is 11.1 Å². The molecule has 1 aliphatic heterocycles. The zero-order chi connectivity index (χ0) is 22.8. The minimum absolute atomic E-state index is 0.0941. The molecule has 2 fully saturated rings. The lowest BCUT2D eigenvalue weighted by molar-refractivity contribution is -0.138. The number of carbonyl (C=O) groups excluding carboxylic acids is 1. The van der Waals surface area contributed by atoms with Gasteiger partial charge >= 0.3 is 0 Å². The molecule has 3 nitrogen and oxygen atoms in total. The standard InChI is InChI=1S/C28H28Cl2N2O/c29-26-11-5-10-22(27(26)30)18-32(23-12-13-23)28(33)25-17-31-15-14-24(25)21-9-4-8-20(16-21)19-6-2-1-3-7-19/h1-11,16,23-25,31H,12-15,17-18H2/t24-,25+/m1/s1. The summed E-state index contributed by atoms with van der Waals surface area (Å²) in [6.07, 6.45) is 3.06. The molecule has 1 saturated heterocycles. The first-order valence-corrected chi connectivity index (χ1v) is 12.5. The van der Waals surface area contributed by atoms with Crippen LogP contribution >= 0.6 is 23.2 Å². The molecule has 5 heteroatoms. The van der Waals surface area contributed by atoms with E-state index < -0.39 is 0 Å². The minimum atomic E-state index is -0.0941. The third-order valence-electron chi connectivity index (χ3n) is 6.86. The van der Waals surface area contributed by atoms with Crippen molar-refractivity contribution in [2.24, 2.45) is 5.92 Å². The average Bonchev–Trinajstić information content (AvgIpc) is 3.70. The predicted octanol–water partition coefficient (Wildman–Crippen LogP) is 6.54. The van der Waals surface area contributed by atoms with Crippen molar-refractivity contribution in [3.8, 4) is 11.1 Å². The number of hydrogen-bond acceptors (Lipinski definition) is 2. The van der Waals surface area contributed by atoms with Gasteiger partial charge in [-0.15, -0.1) is 0 Å². The zero-order valence-electron chi connectivity index (χ0n) is 18.5. The van der Waals surface area contributed by atoms with Crippen molar-refractivity contribution >= 4 is 29.1 Å². The summed E-state index contributed by atoms with van der Waals surface area (Å²) in [4.78, 5) is 16.0. The first-order chi connectivity index (χ1) is 16.1. The fraction of sp³-hybridized carbons (Fsp3) is 0.321. The largest absolute Gasteiger partial charge is 0.335 e. The van der Waals surface area contributed by atoms with Crippen LogP contribution in [0.15, 0.2) is 72.8 Å². The van der Waals surface area contributed by atoms with Crippen molar-refractivity contribution in [2.75, 3.05) is 13.1 Å². The van der Waals surface area contributed by atoms with Crippen molar-refractivity contribution in [1.82, 2.24) is 10.2 Å². The topological polar surface area (TPSA) is 32.3 Å². The quantitative estimate of drug-likeness (QED) is 0.435. The Bertz CT molecular complexity index is 1130. The predicted molar refractivity (Wildman–Crippen MR) is 136 cm³/mol. The van der Waals surface area contributed by atoms with Gasteiger partial charge in [-0.05, 0) is 60.0 Å². The minimum Gasteiger partial charge on any atom is -0.335 e. The van der Waals surface area contributed by atoms with Gasteiger partial charge in [-0.2, -0.15) is 0 Å². The van der Waals surface area contributed by atoms with Gasteiger partial charge in [0.15, 0.2) is 0 Å². The summed E-state index contributed by atoms with van der Waals surface area (Å²) in [5, 5.41) is 4.55. The molecule has 3 aromatic carbocycles. The molecular weight excluding hydrogens is 451 g/mol. The van der Waals surface area contributed by atoms with Crippen molar-refractivity contribution in [2.45, 2.75) is 37.8 Å². The summed E-state index contributed by atoms with van der Waals surface area (Å²) in [5.74, 6) is 0.317.